The number of hydrogen-bond donors (Lipinski definition) is 0. The summed E-state index contributed by atoms with van der Waals surface area (Å²) in [4.78, 5) is 15.3. The fourth-order valence-corrected chi connectivity index (χ4v) is 6.53. The zero-order valence-electron chi connectivity index (χ0n) is 26.6. The molecule has 0 unspecified atom stereocenters. The summed E-state index contributed by atoms with van der Waals surface area (Å²) in [6.07, 6.45) is 2.00. The second-order valence-corrected chi connectivity index (χ2v) is 11.9. The second-order valence-electron chi connectivity index (χ2n) is 11.9. The molecule has 0 atom stereocenters. The molecule has 0 spiro atoms. The predicted molar refractivity (Wildman–Crippen MR) is 195 cm³/mol. The molecule has 0 fully saturated rings. The van der Waals surface area contributed by atoms with E-state index in [0.717, 1.165) is 85.6 Å². The summed E-state index contributed by atoms with van der Waals surface area (Å²) in [7, 11) is 0. The molecule has 6 aromatic carbocycles. The van der Waals surface area contributed by atoms with Crippen molar-refractivity contribution in [1.82, 2.24) is 19.5 Å². The zero-order valence-corrected chi connectivity index (χ0v) is 26.6. The van der Waals surface area contributed by atoms with Crippen molar-refractivity contribution in [3.05, 3.63) is 157 Å². The molecule has 4 nitrogen and oxygen atoms in total. The van der Waals surface area contributed by atoms with Crippen LogP contribution in [0.2, 0.25) is 0 Å². The lowest BCUT2D eigenvalue weighted by Gasteiger charge is -2.12. The van der Waals surface area contributed by atoms with Gasteiger partial charge >= 0.3 is 0 Å². The fraction of sp³-hybridized carbons (Fsp3) is 0.0930. The van der Waals surface area contributed by atoms with Gasteiger partial charge in [-0.25, -0.2) is 15.0 Å². The van der Waals surface area contributed by atoms with E-state index < -0.39 is 0 Å². The quantitative estimate of drug-likeness (QED) is 0.181. The van der Waals surface area contributed by atoms with Crippen molar-refractivity contribution in [1.29, 1.82) is 0 Å². The van der Waals surface area contributed by atoms with E-state index in [9.17, 15) is 0 Å². The number of nitrogens with zero attached hydrogens (tertiary/aromatic N) is 4. The Morgan fingerprint density at radius 3 is 1.47 bits per heavy atom. The first-order chi connectivity index (χ1) is 23.2. The summed E-state index contributed by atoms with van der Waals surface area (Å²) >= 11 is 0. The van der Waals surface area contributed by atoms with E-state index >= 15 is 0 Å². The maximum Gasteiger partial charge on any atom is 0.145 e. The molecule has 0 aliphatic rings. The van der Waals surface area contributed by atoms with Gasteiger partial charge in [0.1, 0.15) is 5.82 Å². The highest BCUT2D eigenvalue weighted by Gasteiger charge is 2.17. The van der Waals surface area contributed by atoms with Crippen LogP contribution < -0.4 is 0 Å². The van der Waals surface area contributed by atoms with Gasteiger partial charge in [0.15, 0.2) is 0 Å². The minimum Gasteiger partial charge on any atom is -0.292 e. The van der Waals surface area contributed by atoms with E-state index in [1.54, 1.807) is 0 Å². The molecule has 2 aromatic heterocycles. The maximum atomic E-state index is 5.20. The lowest BCUT2D eigenvalue weighted by atomic mass is 9.99. The Labute approximate surface area is 275 Å². The molecule has 0 saturated carbocycles. The summed E-state index contributed by atoms with van der Waals surface area (Å²) < 4.78 is 2.30. The molecule has 4 heteroatoms. The van der Waals surface area contributed by atoms with Crippen molar-refractivity contribution in [2.24, 2.45) is 0 Å². The standard InChI is InChI=1S/C43H34N4/c1-3-29-27-39-40(28-30(29)4-2)47(36-15-9-6-10-16-36)43(46-39)35-25-21-32(22-26-35)31-19-23-34(24-20-31)42-41(33-13-7-5-8-14-33)44-37-17-11-12-18-38(37)45-42/h5-28H,3-4H2,1-2H3. The van der Waals surface area contributed by atoms with Gasteiger partial charge in [-0.1, -0.05) is 123 Å². The molecule has 0 saturated heterocycles. The van der Waals surface area contributed by atoms with Crippen molar-refractivity contribution < 1.29 is 0 Å². The summed E-state index contributed by atoms with van der Waals surface area (Å²) in [5, 5.41) is 0. The maximum absolute atomic E-state index is 5.20. The minimum atomic E-state index is 0.883. The molecule has 47 heavy (non-hydrogen) atoms. The fourth-order valence-electron chi connectivity index (χ4n) is 6.53. The molecule has 0 amide bonds. The number of fused-ring (bicyclic) bond motifs is 2. The SMILES string of the molecule is CCc1cc2nc(-c3ccc(-c4ccc(-c5nc6ccccc6nc5-c5ccccc5)cc4)cc3)n(-c3ccccc3)c2cc1CC. The molecule has 8 aromatic rings. The summed E-state index contributed by atoms with van der Waals surface area (Å²) in [5.41, 5.74) is 15.1. The number of benzene rings is 6. The van der Waals surface area contributed by atoms with E-state index in [0.29, 0.717) is 0 Å². The van der Waals surface area contributed by atoms with Crippen molar-refractivity contribution in [3.63, 3.8) is 0 Å². The zero-order chi connectivity index (χ0) is 31.7. The van der Waals surface area contributed by atoms with Crippen LogP contribution in [0.1, 0.15) is 25.0 Å². The molecule has 0 bridgehead atoms. The summed E-state index contributed by atoms with van der Waals surface area (Å²) in [6.45, 7) is 4.45. The molecule has 226 valence electrons. The van der Waals surface area contributed by atoms with Crippen LogP contribution >= 0.6 is 0 Å². The molecule has 0 N–H and O–H groups in total. The monoisotopic (exact) mass is 606 g/mol. The van der Waals surface area contributed by atoms with Gasteiger partial charge in [0, 0.05) is 22.4 Å². The van der Waals surface area contributed by atoms with Crippen molar-refractivity contribution >= 4 is 22.1 Å². The van der Waals surface area contributed by atoms with Crippen molar-refractivity contribution in [2.75, 3.05) is 0 Å². The molecular weight excluding hydrogens is 573 g/mol. The molecule has 0 aliphatic carbocycles. The van der Waals surface area contributed by atoms with E-state index in [-0.39, 0.29) is 0 Å². The Morgan fingerprint density at radius 2 is 0.894 bits per heavy atom. The van der Waals surface area contributed by atoms with Gasteiger partial charge in [0.2, 0.25) is 0 Å². The molecular formula is C43H34N4. The van der Waals surface area contributed by atoms with Gasteiger partial charge in [0.05, 0.1) is 33.5 Å². The van der Waals surface area contributed by atoms with Gasteiger partial charge in [-0.05, 0) is 71.5 Å². The Balaban J connectivity index is 1.17. The molecule has 2 heterocycles. The van der Waals surface area contributed by atoms with Crippen LogP contribution in [0.5, 0.6) is 0 Å². The van der Waals surface area contributed by atoms with Gasteiger partial charge < -0.3 is 0 Å². The van der Waals surface area contributed by atoms with Gasteiger partial charge in [-0.3, -0.25) is 4.57 Å². The smallest absolute Gasteiger partial charge is 0.145 e. The number of para-hydroxylation sites is 3. The van der Waals surface area contributed by atoms with Crippen LogP contribution in [-0.2, 0) is 12.8 Å². The first-order valence-corrected chi connectivity index (χ1v) is 16.3. The number of aryl methyl sites for hydroxylation is 2. The molecule has 8 rings (SSSR count). The third-order valence-corrected chi connectivity index (χ3v) is 9.00. The summed E-state index contributed by atoms with van der Waals surface area (Å²) in [6, 6.07) is 50.9. The Kier molecular flexibility index (Phi) is 7.39. The van der Waals surface area contributed by atoms with Gasteiger partial charge in [0.25, 0.3) is 0 Å². The largest absolute Gasteiger partial charge is 0.292 e. The van der Waals surface area contributed by atoms with Crippen LogP contribution in [-0.4, -0.2) is 19.5 Å². The predicted octanol–water partition coefficient (Wildman–Crippen LogP) is 10.8. The number of rotatable bonds is 7. The van der Waals surface area contributed by atoms with Crippen LogP contribution in [0.25, 0.3) is 72.8 Å². The van der Waals surface area contributed by atoms with Crippen LogP contribution in [0.3, 0.4) is 0 Å². The Hall–Kier alpha value is -5.87. The lowest BCUT2D eigenvalue weighted by molar-refractivity contribution is 1.04. The highest BCUT2D eigenvalue weighted by molar-refractivity contribution is 5.87. The third-order valence-electron chi connectivity index (χ3n) is 9.00. The number of aromatic nitrogens is 4. The Bertz CT molecular complexity index is 2340. The van der Waals surface area contributed by atoms with Gasteiger partial charge in [-0.15, -0.1) is 0 Å². The average Bonchev–Trinajstić information content (AvgIpc) is 3.53. The number of hydrogen-bond acceptors (Lipinski definition) is 3. The second kappa shape index (κ2) is 12.1. The first-order valence-electron chi connectivity index (χ1n) is 16.3. The van der Waals surface area contributed by atoms with E-state index in [1.807, 2.05) is 42.5 Å². The molecule has 0 aliphatic heterocycles. The van der Waals surface area contributed by atoms with E-state index in [2.05, 4.69) is 122 Å². The van der Waals surface area contributed by atoms with Crippen LogP contribution in [0, 0.1) is 0 Å². The third kappa shape index (κ3) is 5.28. The van der Waals surface area contributed by atoms with E-state index in [4.69, 9.17) is 15.0 Å². The summed E-state index contributed by atoms with van der Waals surface area (Å²) in [5.74, 6) is 0.951. The minimum absolute atomic E-state index is 0.883. The van der Waals surface area contributed by atoms with Crippen LogP contribution in [0.4, 0.5) is 0 Å². The average molecular weight is 607 g/mol. The van der Waals surface area contributed by atoms with Crippen molar-refractivity contribution in [3.8, 4) is 50.7 Å². The number of imidazole rings is 1. The topological polar surface area (TPSA) is 43.6 Å². The lowest BCUT2D eigenvalue weighted by Crippen LogP contribution is -1.98. The first kappa shape index (κ1) is 28.6. The van der Waals surface area contributed by atoms with Crippen molar-refractivity contribution in [2.45, 2.75) is 26.7 Å². The normalized spacial score (nSPS) is 11.4. The van der Waals surface area contributed by atoms with E-state index in [1.165, 1.54) is 11.1 Å². The highest BCUT2D eigenvalue weighted by atomic mass is 15.1. The van der Waals surface area contributed by atoms with Gasteiger partial charge in [-0.2, -0.15) is 0 Å². The van der Waals surface area contributed by atoms with Crippen LogP contribution in [0.15, 0.2) is 146 Å². The Morgan fingerprint density at radius 1 is 0.426 bits per heavy atom. The highest BCUT2D eigenvalue weighted by Crippen LogP contribution is 2.34. The molecule has 0 radical (unpaired) electrons.